The minimum absolute atomic E-state index is 0.536. The molecule has 1 aromatic heterocycles. The molecule has 0 amide bonds. The molecule has 1 aliphatic rings. The normalized spacial score (nSPS) is 19.0. The third-order valence-electron chi connectivity index (χ3n) is 3.87. The van der Waals surface area contributed by atoms with Crippen LogP contribution in [0.2, 0.25) is 0 Å². The first kappa shape index (κ1) is 14.5. The molecule has 0 aliphatic carbocycles. The van der Waals surface area contributed by atoms with Gasteiger partial charge in [0.25, 0.3) is 0 Å². The van der Waals surface area contributed by atoms with E-state index in [-0.39, 0.29) is 0 Å². The maximum absolute atomic E-state index is 3.67. The summed E-state index contributed by atoms with van der Waals surface area (Å²) in [7, 11) is 0. The summed E-state index contributed by atoms with van der Waals surface area (Å²) in [6, 6.07) is 2.21. The van der Waals surface area contributed by atoms with Gasteiger partial charge < -0.3 is 10.6 Å². The number of hydrogen-bond donors (Lipinski definition) is 2. The van der Waals surface area contributed by atoms with Gasteiger partial charge >= 0.3 is 0 Å². The van der Waals surface area contributed by atoms with Gasteiger partial charge in [0.05, 0.1) is 0 Å². The first-order valence-electron chi connectivity index (χ1n) is 6.88. The van der Waals surface area contributed by atoms with Crippen molar-refractivity contribution in [3.05, 3.63) is 20.8 Å². The number of halogens is 1. The standard InChI is InChI=1S/C14H23BrN2S/c1-2-3-14(4-6-16-7-5-14)11-17-9-13-8-12(15)10-18-13/h8,10,16-17H,2-7,9,11H2,1H3. The van der Waals surface area contributed by atoms with Crippen LogP contribution in [0, 0.1) is 5.41 Å². The Morgan fingerprint density at radius 3 is 2.83 bits per heavy atom. The van der Waals surface area contributed by atoms with Crippen LogP contribution < -0.4 is 10.6 Å². The molecule has 0 bridgehead atoms. The van der Waals surface area contributed by atoms with E-state index < -0.39 is 0 Å². The largest absolute Gasteiger partial charge is 0.317 e. The molecule has 18 heavy (non-hydrogen) atoms. The number of piperidine rings is 1. The Morgan fingerprint density at radius 1 is 1.44 bits per heavy atom. The van der Waals surface area contributed by atoms with Crippen molar-refractivity contribution in [3.8, 4) is 0 Å². The van der Waals surface area contributed by atoms with Gasteiger partial charge in [-0.05, 0) is 59.8 Å². The number of hydrogen-bond acceptors (Lipinski definition) is 3. The minimum atomic E-state index is 0.536. The molecule has 0 aromatic carbocycles. The summed E-state index contributed by atoms with van der Waals surface area (Å²) in [5.74, 6) is 0. The molecule has 1 saturated heterocycles. The lowest BCUT2D eigenvalue weighted by Crippen LogP contribution is -2.43. The van der Waals surface area contributed by atoms with Crippen molar-refractivity contribution in [2.45, 2.75) is 39.2 Å². The molecule has 0 radical (unpaired) electrons. The Morgan fingerprint density at radius 2 is 2.22 bits per heavy atom. The maximum Gasteiger partial charge on any atom is 0.0300 e. The number of thiophene rings is 1. The molecule has 0 saturated carbocycles. The molecule has 1 aromatic rings. The van der Waals surface area contributed by atoms with Crippen LogP contribution in [0.3, 0.4) is 0 Å². The first-order chi connectivity index (χ1) is 8.74. The second-order valence-corrected chi connectivity index (χ2v) is 7.25. The first-order valence-corrected chi connectivity index (χ1v) is 8.56. The van der Waals surface area contributed by atoms with Crippen molar-refractivity contribution in [2.75, 3.05) is 19.6 Å². The van der Waals surface area contributed by atoms with Gasteiger partial charge in [0.1, 0.15) is 0 Å². The summed E-state index contributed by atoms with van der Waals surface area (Å²) >= 11 is 5.34. The number of rotatable bonds is 6. The zero-order valence-electron chi connectivity index (χ0n) is 11.1. The molecule has 4 heteroatoms. The molecule has 0 spiro atoms. The Balaban J connectivity index is 1.82. The van der Waals surface area contributed by atoms with E-state index in [2.05, 4.69) is 44.9 Å². The van der Waals surface area contributed by atoms with Crippen LogP contribution in [0.25, 0.3) is 0 Å². The van der Waals surface area contributed by atoms with Gasteiger partial charge in [0, 0.05) is 27.8 Å². The fraction of sp³-hybridized carbons (Fsp3) is 0.714. The molecule has 2 nitrogen and oxygen atoms in total. The monoisotopic (exact) mass is 330 g/mol. The average Bonchev–Trinajstić information content (AvgIpc) is 2.77. The van der Waals surface area contributed by atoms with E-state index in [1.54, 1.807) is 0 Å². The van der Waals surface area contributed by atoms with Gasteiger partial charge in [-0.2, -0.15) is 0 Å². The van der Waals surface area contributed by atoms with Crippen LogP contribution in [0.5, 0.6) is 0 Å². The Labute approximate surface area is 123 Å². The molecular weight excluding hydrogens is 308 g/mol. The van der Waals surface area contributed by atoms with Crippen molar-refractivity contribution >= 4 is 27.3 Å². The lowest BCUT2D eigenvalue weighted by atomic mass is 9.75. The van der Waals surface area contributed by atoms with Gasteiger partial charge in [-0.3, -0.25) is 0 Å². The van der Waals surface area contributed by atoms with Crippen molar-refractivity contribution in [2.24, 2.45) is 5.41 Å². The predicted molar refractivity (Wildman–Crippen MR) is 83.2 cm³/mol. The van der Waals surface area contributed by atoms with Crippen LogP contribution >= 0.6 is 27.3 Å². The fourth-order valence-electron chi connectivity index (χ4n) is 2.90. The van der Waals surface area contributed by atoms with Gasteiger partial charge in [0.2, 0.25) is 0 Å². The van der Waals surface area contributed by atoms with Crippen LogP contribution in [-0.2, 0) is 6.54 Å². The third-order valence-corrected chi connectivity index (χ3v) is 5.56. The van der Waals surface area contributed by atoms with Gasteiger partial charge in [0.15, 0.2) is 0 Å². The maximum atomic E-state index is 3.67. The lowest BCUT2D eigenvalue weighted by molar-refractivity contribution is 0.176. The summed E-state index contributed by atoms with van der Waals surface area (Å²) in [5, 5.41) is 9.31. The summed E-state index contributed by atoms with van der Waals surface area (Å²) in [4.78, 5) is 1.42. The lowest BCUT2D eigenvalue weighted by Gasteiger charge is -2.38. The molecule has 2 rings (SSSR count). The molecular formula is C14H23BrN2S. The molecule has 2 heterocycles. The van der Waals surface area contributed by atoms with Crippen molar-refractivity contribution in [1.82, 2.24) is 10.6 Å². The molecule has 2 N–H and O–H groups in total. The minimum Gasteiger partial charge on any atom is -0.317 e. The Bertz CT molecular complexity index is 353. The Kier molecular flexibility index (Phi) is 5.67. The summed E-state index contributed by atoms with van der Waals surface area (Å²) in [6.07, 6.45) is 5.30. The second kappa shape index (κ2) is 7.04. The van der Waals surface area contributed by atoms with Crippen LogP contribution in [0.1, 0.15) is 37.5 Å². The van der Waals surface area contributed by atoms with Crippen LogP contribution in [0.15, 0.2) is 15.9 Å². The average molecular weight is 331 g/mol. The highest BCUT2D eigenvalue weighted by atomic mass is 79.9. The van der Waals surface area contributed by atoms with E-state index in [9.17, 15) is 0 Å². The van der Waals surface area contributed by atoms with E-state index in [0.717, 1.165) is 13.1 Å². The quantitative estimate of drug-likeness (QED) is 0.829. The molecule has 1 fully saturated rings. The van der Waals surface area contributed by atoms with E-state index >= 15 is 0 Å². The van der Waals surface area contributed by atoms with E-state index in [4.69, 9.17) is 0 Å². The molecule has 102 valence electrons. The highest BCUT2D eigenvalue weighted by Crippen LogP contribution is 2.33. The highest BCUT2D eigenvalue weighted by molar-refractivity contribution is 9.10. The van der Waals surface area contributed by atoms with E-state index in [0.29, 0.717) is 5.41 Å². The van der Waals surface area contributed by atoms with Crippen LogP contribution in [0.4, 0.5) is 0 Å². The molecule has 0 unspecified atom stereocenters. The Hall–Kier alpha value is 0.1000. The third kappa shape index (κ3) is 4.05. The van der Waals surface area contributed by atoms with E-state index in [1.165, 1.54) is 48.1 Å². The van der Waals surface area contributed by atoms with Crippen molar-refractivity contribution in [1.29, 1.82) is 0 Å². The number of nitrogens with one attached hydrogen (secondary N) is 2. The van der Waals surface area contributed by atoms with Gasteiger partial charge in [-0.15, -0.1) is 11.3 Å². The topological polar surface area (TPSA) is 24.1 Å². The summed E-state index contributed by atoms with van der Waals surface area (Å²) < 4.78 is 1.20. The fourth-order valence-corrected chi connectivity index (χ4v) is 4.32. The summed E-state index contributed by atoms with van der Waals surface area (Å²) in [5.41, 5.74) is 0.536. The van der Waals surface area contributed by atoms with Crippen LogP contribution in [-0.4, -0.2) is 19.6 Å². The van der Waals surface area contributed by atoms with Gasteiger partial charge in [-0.25, -0.2) is 0 Å². The van der Waals surface area contributed by atoms with Gasteiger partial charge in [-0.1, -0.05) is 13.3 Å². The SMILES string of the molecule is CCCC1(CNCc2cc(Br)cs2)CCNCC1. The molecule has 1 aliphatic heterocycles. The smallest absolute Gasteiger partial charge is 0.0300 e. The van der Waals surface area contributed by atoms with Crippen molar-refractivity contribution in [3.63, 3.8) is 0 Å². The van der Waals surface area contributed by atoms with Crippen molar-refractivity contribution < 1.29 is 0 Å². The van der Waals surface area contributed by atoms with E-state index in [1.807, 2.05) is 11.3 Å². The second-order valence-electron chi connectivity index (χ2n) is 5.33. The zero-order valence-corrected chi connectivity index (χ0v) is 13.5. The zero-order chi connectivity index (χ0) is 12.8. The predicted octanol–water partition coefficient (Wildman–Crippen LogP) is 3.77. The highest BCUT2D eigenvalue weighted by Gasteiger charge is 2.30. The summed E-state index contributed by atoms with van der Waals surface area (Å²) in [6.45, 7) is 6.85. The molecule has 0 atom stereocenters.